The minimum Gasteiger partial charge on any atom is -0.493 e. The smallest absolute Gasteiger partial charge is 0.191 e. The minimum atomic E-state index is 0. The number of aliphatic imine (C=N–C) groups is 1. The maximum absolute atomic E-state index is 6.30. The predicted octanol–water partition coefficient (Wildman–Crippen LogP) is 4.12. The van der Waals surface area contributed by atoms with E-state index in [9.17, 15) is 0 Å². The first kappa shape index (κ1) is 24.1. The van der Waals surface area contributed by atoms with Gasteiger partial charge in [0.2, 0.25) is 0 Å². The Hall–Kier alpha value is -1.22. The molecule has 2 aliphatic rings. The number of hydrogen-bond donors (Lipinski definition) is 2. The van der Waals surface area contributed by atoms with E-state index in [1.807, 2.05) is 12.1 Å². The van der Waals surface area contributed by atoms with Crippen molar-refractivity contribution in [2.75, 3.05) is 33.9 Å². The fourth-order valence-electron chi connectivity index (χ4n) is 3.48. The van der Waals surface area contributed by atoms with Crippen molar-refractivity contribution < 1.29 is 14.2 Å². The van der Waals surface area contributed by atoms with Gasteiger partial charge in [0.15, 0.2) is 17.5 Å². The largest absolute Gasteiger partial charge is 0.493 e. The molecule has 2 saturated carbocycles. The number of hydrogen-bond acceptors (Lipinski definition) is 4. The molecule has 7 heteroatoms. The molecule has 2 N–H and O–H groups in total. The van der Waals surface area contributed by atoms with E-state index in [-0.39, 0.29) is 24.0 Å². The Balaban J connectivity index is 0.00000300. The van der Waals surface area contributed by atoms with Gasteiger partial charge < -0.3 is 24.8 Å². The van der Waals surface area contributed by atoms with E-state index < -0.39 is 0 Å². The number of para-hydroxylation sites is 1. The van der Waals surface area contributed by atoms with Crippen LogP contribution in [0.25, 0.3) is 0 Å². The van der Waals surface area contributed by atoms with Crippen LogP contribution in [0.2, 0.25) is 0 Å². The zero-order valence-electron chi connectivity index (χ0n) is 17.7. The predicted molar refractivity (Wildman–Crippen MR) is 128 cm³/mol. The normalized spacial score (nSPS) is 17.0. The molecule has 0 heterocycles. The van der Waals surface area contributed by atoms with Crippen LogP contribution >= 0.6 is 24.0 Å². The van der Waals surface area contributed by atoms with Crippen molar-refractivity contribution in [2.24, 2.45) is 10.9 Å². The number of halogens is 1. The van der Waals surface area contributed by atoms with Gasteiger partial charge in [0, 0.05) is 38.9 Å². The Morgan fingerprint density at radius 2 is 1.93 bits per heavy atom. The number of ether oxygens (including phenoxy) is 3. The van der Waals surface area contributed by atoms with Gasteiger partial charge in [-0.2, -0.15) is 0 Å². The molecule has 1 aromatic carbocycles. The fraction of sp³-hybridized carbons (Fsp3) is 0.682. The lowest BCUT2D eigenvalue weighted by Crippen LogP contribution is -2.37. The van der Waals surface area contributed by atoms with Crippen LogP contribution in [0.15, 0.2) is 23.2 Å². The molecule has 29 heavy (non-hydrogen) atoms. The van der Waals surface area contributed by atoms with Crippen LogP contribution in [0, 0.1) is 5.92 Å². The SMILES string of the molecule is CN=C(NCCCOCC1CC1)NCc1cccc(OC)c1OC1CCCC1.I. The summed E-state index contributed by atoms with van der Waals surface area (Å²) < 4.78 is 17.5. The summed E-state index contributed by atoms with van der Waals surface area (Å²) in [5.74, 6) is 3.26. The highest BCUT2D eigenvalue weighted by Crippen LogP contribution is 2.34. The molecule has 3 rings (SSSR count). The van der Waals surface area contributed by atoms with Crippen molar-refractivity contribution in [1.82, 2.24) is 10.6 Å². The summed E-state index contributed by atoms with van der Waals surface area (Å²) in [6, 6.07) is 6.05. The van der Waals surface area contributed by atoms with Crippen molar-refractivity contribution in [2.45, 2.75) is 57.6 Å². The highest BCUT2D eigenvalue weighted by Gasteiger charge is 2.21. The summed E-state index contributed by atoms with van der Waals surface area (Å²) >= 11 is 0. The highest BCUT2D eigenvalue weighted by atomic mass is 127. The summed E-state index contributed by atoms with van der Waals surface area (Å²) in [6.07, 6.45) is 8.68. The molecule has 0 unspecified atom stereocenters. The average molecular weight is 517 g/mol. The van der Waals surface area contributed by atoms with Crippen LogP contribution in [-0.2, 0) is 11.3 Å². The molecule has 164 valence electrons. The van der Waals surface area contributed by atoms with Gasteiger partial charge in [-0.05, 0) is 56.9 Å². The minimum absolute atomic E-state index is 0. The fourth-order valence-corrected chi connectivity index (χ4v) is 3.48. The third-order valence-corrected chi connectivity index (χ3v) is 5.35. The summed E-state index contributed by atoms with van der Waals surface area (Å²) in [6.45, 7) is 3.20. The average Bonchev–Trinajstić information content (AvgIpc) is 3.41. The van der Waals surface area contributed by atoms with Gasteiger partial charge in [-0.3, -0.25) is 4.99 Å². The standard InChI is InChI=1S/C22H35N3O3.HI/c1-23-22(24-13-6-14-27-16-17-11-12-17)25-15-18-7-5-10-20(26-2)21(18)28-19-8-3-4-9-19;/h5,7,10,17,19H,3-4,6,8-9,11-16H2,1-2H3,(H2,23,24,25);1H. The van der Waals surface area contributed by atoms with E-state index in [1.54, 1.807) is 14.2 Å². The van der Waals surface area contributed by atoms with E-state index in [1.165, 1.54) is 25.7 Å². The van der Waals surface area contributed by atoms with Crippen LogP contribution in [0.4, 0.5) is 0 Å². The quantitative estimate of drug-likeness (QED) is 0.200. The van der Waals surface area contributed by atoms with Crippen molar-refractivity contribution in [3.05, 3.63) is 23.8 Å². The van der Waals surface area contributed by atoms with E-state index in [0.717, 1.165) is 68.0 Å². The van der Waals surface area contributed by atoms with Gasteiger partial charge in [-0.25, -0.2) is 0 Å². The third kappa shape index (κ3) is 8.20. The summed E-state index contributed by atoms with van der Waals surface area (Å²) in [4.78, 5) is 4.32. The highest BCUT2D eigenvalue weighted by molar-refractivity contribution is 14.0. The van der Waals surface area contributed by atoms with E-state index >= 15 is 0 Å². The van der Waals surface area contributed by atoms with Gasteiger partial charge in [-0.1, -0.05) is 12.1 Å². The molecule has 0 radical (unpaired) electrons. The van der Waals surface area contributed by atoms with Gasteiger partial charge in [0.1, 0.15) is 0 Å². The summed E-state index contributed by atoms with van der Waals surface area (Å²) in [5.41, 5.74) is 1.09. The molecule has 2 fully saturated rings. The first-order valence-electron chi connectivity index (χ1n) is 10.6. The molecule has 0 atom stereocenters. The second-order valence-electron chi connectivity index (χ2n) is 7.70. The maximum Gasteiger partial charge on any atom is 0.191 e. The van der Waals surface area contributed by atoms with Gasteiger partial charge in [-0.15, -0.1) is 24.0 Å². The van der Waals surface area contributed by atoms with Crippen molar-refractivity contribution >= 4 is 29.9 Å². The first-order chi connectivity index (χ1) is 13.8. The van der Waals surface area contributed by atoms with Crippen LogP contribution < -0.4 is 20.1 Å². The molecule has 1 aromatic rings. The third-order valence-electron chi connectivity index (χ3n) is 5.35. The van der Waals surface area contributed by atoms with E-state index in [2.05, 4.69) is 21.7 Å². The second-order valence-corrected chi connectivity index (χ2v) is 7.70. The molecule has 0 aliphatic heterocycles. The van der Waals surface area contributed by atoms with Crippen LogP contribution in [-0.4, -0.2) is 46.0 Å². The van der Waals surface area contributed by atoms with Crippen molar-refractivity contribution in [1.29, 1.82) is 0 Å². The zero-order valence-corrected chi connectivity index (χ0v) is 20.1. The van der Waals surface area contributed by atoms with Gasteiger partial charge in [0.25, 0.3) is 0 Å². The molecule has 0 amide bonds. The zero-order chi connectivity index (χ0) is 19.6. The Bertz CT molecular complexity index is 632. The van der Waals surface area contributed by atoms with Gasteiger partial charge in [0.05, 0.1) is 13.2 Å². The monoisotopic (exact) mass is 517 g/mol. The lowest BCUT2D eigenvalue weighted by atomic mass is 10.1. The molecule has 0 aromatic heterocycles. The number of rotatable bonds is 11. The number of nitrogens with one attached hydrogen (secondary N) is 2. The molecular formula is C22H36IN3O3. The van der Waals surface area contributed by atoms with Crippen molar-refractivity contribution in [3.8, 4) is 11.5 Å². The van der Waals surface area contributed by atoms with Crippen LogP contribution in [0.1, 0.15) is 50.5 Å². The second kappa shape index (κ2) is 13.2. The number of nitrogens with zero attached hydrogens (tertiary/aromatic N) is 1. The molecule has 6 nitrogen and oxygen atoms in total. The van der Waals surface area contributed by atoms with Crippen LogP contribution in [0.5, 0.6) is 11.5 Å². The Morgan fingerprint density at radius 3 is 2.62 bits per heavy atom. The molecule has 0 spiro atoms. The number of benzene rings is 1. The lowest BCUT2D eigenvalue weighted by Gasteiger charge is -2.20. The Morgan fingerprint density at radius 1 is 1.14 bits per heavy atom. The molecular weight excluding hydrogens is 481 g/mol. The number of methoxy groups -OCH3 is 1. The maximum atomic E-state index is 6.30. The van der Waals surface area contributed by atoms with Crippen molar-refractivity contribution in [3.63, 3.8) is 0 Å². The summed E-state index contributed by atoms with van der Waals surface area (Å²) in [7, 11) is 3.49. The summed E-state index contributed by atoms with van der Waals surface area (Å²) in [5, 5.41) is 6.74. The van der Waals surface area contributed by atoms with Crippen LogP contribution in [0.3, 0.4) is 0 Å². The Kier molecular flexibility index (Phi) is 10.9. The van der Waals surface area contributed by atoms with E-state index in [0.29, 0.717) is 12.6 Å². The van der Waals surface area contributed by atoms with E-state index in [4.69, 9.17) is 14.2 Å². The molecule has 2 aliphatic carbocycles. The Labute approximate surface area is 192 Å². The molecule has 0 bridgehead atoms. The topological polar surface area (TPSA) is 64.1 Å². The lowest BCUT2D eigenvalue weighted by molar-refractivity contribution is 0.123. The number of guanidine groups is 1. The first-order valence-corrected chi connectivity index (χ1v) is 10.6. The molecule has 0 saturated heterocycles. The van der Waals surface area contributed by atoms with Gasteiger partial charge >= 0.3 is 0 Å².